The summed E-state index contributed by atoms with van der Waals surface area (Å²) in [5, 5.41) is 6.36. The molecule has 0 aromatic heterocycles. The van der Waals surface area contributed by atoms with E-state index in [1.54, 1.807) is 0 Å². The summed E-state index contributed by atoms with van der Waals surface area (Å²) in [5.74, 6) is 1.54. The first-order valence-corrected chi connectivity index (χ1v) is 6.77. The molecule has 2 fully saturated rings. The molecule has 17 heavy (non-hydrogen) atoms. The number of carbonyl (C=O) groups is 1. The van der Waals surface area contributed by atoms with Crippen molar-refractivity contribution in [3.05, 3.63) is 0 Å². The highest BCUT2D eigenvalue weighted by atomic mass is 16.1. The van der Waals surface area contributed by atoms with E-state index in [1.807, 2.05) is 6.92 Å². The Morgan fingerprint density at radius 1 is 1.29 bits per heavy atom. The minimum Gasteiger partial charge on any atom is -0.356 e. The van der Waals surface area contributed by atoms with Gasteiger partial charge in [-0.15, -0.1) is 0 Å². The van der Waals surface area contributed by atoms with Gasteiger partial charge in [0.15, 0.2) is 0 Å². The molecule has 3 nitrogen and oxygen atoms in total. The zero-order valence-corrected chi connectivity index (χ0v) is 11.8. The van der Waals surface area contributed by atoms with Crippen LogP contribution in [0.15, 0.2) is 0 Å². The highest BCUT2D eigenvalue weighted by molar-refractivity contribution is 5.78. The third-order valence-electron chi connectivity index (χ3n) is 5.73. The van der Waals surface area contributed by atoms with Gasteiger partial charge in [-0.1, -0.05) is 34.6 Å². The van der Waals surface area contributed by atoms with Crippen LogP contribution < -0.4 is 10.6 Å². The molecule has 98 valence electrons. The van der Waals surface area contributed by atoms with Gasteiger partial charge in [0, 0.05) is 12.5 Å². The third kappa shape index (κ3) is 1.99. The number of amides is 1. The van der Waals surface area contributed by atoms with Crippen LogP contribution in [0.25, 0.3) is 0 Å². The Kier molecular flexibility index (Phi) is 3.01. The van der Waals surface area contributed by atoms with Crippen molar-refractivity contribution in [3.8, 4) is 0 Å². The topological polar surface area (TPSA) is 41.1 Å². The SMILES string of the molecule is CC(C(=O)NCC1C(C)(C)C1(C)C)C1CNC1. The summed E-state index contributed by atoms with van der Waals surface area (Å²) in [4.78, 5) is 12.0. The van der Waals surface area contributed by atoms with Crippen molar-refractivity contribution >= 4 is 5.91 Å². The molecular weight excluding hydrogens is 212 g/mol. The fraction of sp³-hybridized carbons (Fsp3) is 0.929. The number of hydrogen-bond acceptors (Lipinski definition) is 2. The van der Waals surface area contributed by atoms with E-state index in [0.29, 0.717) is 22.7 Å². The summed E-state index contributed by atoms with van der Waals surface area (Å²) in [6, 6.07) is 0. The van der Waals surface area contributed by atoms with Crippen molar-refractivity contribution in [1.29, 1.82) is 0 Å². The molecular formula is C14H26N2O. The molecule has 1 saturated carbocycles. The van der Waals surface area contributed by atoms with Gasteiger partial charge in [0.05, 0.1) is 0 Å². The highest BCUT2D eigenvalue weighted by Gasteiger charge is 2.64. The summed E-state index contributed by atoms with van der Waals surface area (Å²) >= 11 is 0. The Morgan fingerprint density at radius 3 is 2.18 bits per heavy atom. The molecule has 0 aromatic rings. The van der Waals surface area contributed by atoms with Crippen molar-refractivity contribution in [2.45, 2.75) is 34.6 Å². The van der Waals surface area contributed by atoms with Crippen molar-refractivity contribution < 1.29 is 4.79 Å². The van der Waals surface area contributed by atoms with E-state index in [-0.39, 0.29) is 11.8 Å². The van der Waals surface area contributed by atoms with E-state index in [9.17, 15) is 4.79 Å². The second-order valence-corrected chi connectivity index (χ2v) is 6.95. The molecule has 1 aliphatic heterocycles. The zero-order valence-electron chi connectivity index (χ0n) is 11.8. The minimum atomic E-state index is 0.154. The second-order valence-electron chi connectivity index (χ2n) is 6.95. The van der Waals surface area contributed by atoms with Crippen LogP contribution in [-0.4, -0.2) is 25.5 Å². The lowest BCUT2D eigenvalue weighted by Crippen LogP contribution is -2.49. The van der Waals surface area contributed by atoms with Gasteiger partial charge >= 0.3 is 0 Å². The van der Waals surface area contributed by atoms with Gasteiger partial charge in [-0.3, -0.25) is 4.79 Å². The fourth-order valence-electron chi connectivity index (χ4n) is 3.09. The molecule has 0 spiro atoms. The molecule has 1 atom stereocenters. The van der Waals surface area contributed by atoms with Gasteiger partial charge in [0.1, 0.15) is 0 Å². The van der Waals surface area contributed by atoms with Crippen LogP contribution in [0.3, 0.4) is 0 Å². The first-order valence-electron chi connectivity index (χ1n) is 6.77. The van der Waals surface area contributed by atoms with Gasteiger partial charge in [0.25, 0.3) is 0 Å². The Morgan fingerprint density at radius 2 is 1.82 bits per heavy atom. The lowest BCUT2D eigenvalue weighted by Gasteiger charge is -2.31. The first kappa shape index (κ1) is 12.9. The van der Waals surface area contributed by atoms with Crippen LogP contribution >= 0.6 is 0 Å². The summed E-state index contributed by atoms with van der Waals surface area (Å²) in [5.41, 5.74) is 0.725. The molecule has 1 unspecified atom stereocenters. The number of carbonyl (C=O) groups excluding carboxylic acids is 1. The quantitative estimate of drug-likeness (QED) is 0.782. The molecule has 1 saturated heterocycles. The number of hydrogen-bond donors (Lipinski definition) is 2. The average molecular weight is 238 g/mol. The summed E-state index contributed by atoms with van der Waals surface area (Å²) in [7, 11) is 0. The average Bonchev–Trinajstić information content (AvgIpc) is 2.51. The Balaban J connectivity index is 1.77. The fourth-order valence-corrected chi connectivity index (χ4v) is 3.09. The van der Waals surface area contributed by atoms with E-state index in [2.05, 4.69) is 38.3 Å². The van der Waals surface area contributed by atoms with E-state index >= 15 is 0 Å². The monoisotopic (exact) mass is 238 g/mol. The number of rotatable bonds is 4. The lowest BCUT2D eigenvalue weighted by atomic mass is 9.88. The molecule has 2 N–H and O–H groups in total. The summed E-state index contributed by atoms with van der Waals surface area (Å²) in [6.07, 6.45) is 0. The van der Waals surface area contributed by atoms with Crippen molar-refractivity contribution in [2.24, 2.45) is 28.6 Å². The molecule has 0 radical (unpaired) electrons. The van der Waals surface area contributed by atoms with Gasteiger partial charge in [-0.2, -0.15) is 0 Å². The molecule has 2 aliphatic rings. The van der Waals surface area contributed by atoms with Crippen LogP contribution in [0.2, 0.25) is 0 Å². The van der Waals surface area contributed by atoms with E-state index in [0.717, 1.165) is 19.6 Å². The van der Waals surface area contributed by atoms with Crippen LogP contribution in [-0.2, 0) is 4.79 Å². The van der Waals surface area contributed by atoms with Gasteiger partial charge < -0.3 is 10.6 Å². The van der Waals surface area contributed by atoms with E-state index < -0.39 is 0 Å². The predicted molar refractivity (Wildman–Crippen MR) is 69.6 cm³/mol. The highest BCUT2D eigenvalue weighted by Crippen LogP contribution is 2.67. The van der Waals surface area contributed by atoms with Gasteiger partial charge in [-0.25, -0.2) is 0 Å². The standard InChI is InChI=1S/C14H26N2O/c1-9(10-6-15-7-10)12(17)16-8-11-13(2,3)14(11,4)5/h9-11,15H,6-8H2,1-5H3,(H,16,17). The van der Waals surface area contributed by atoms with Gasteiger partial charge in [0.2, 0.25) is 5.91 Å². The third-order valence-corrected chi connectivity index (χ3v) is 5.73. The largest absolute Gasteiger partial charge is 0.356 e. The predicted octanol–water partition coefficient (Wildman–Crippen LogP) is 1.64. The van der Waals surface area contributed by atoms with Crippen molar-refractivity contribution in [1.82, 2.24) is 10.6 Å². The Bertz CT molecular complexity index is 304. The van der Waals surface area contributed by atoms with E-state index in [4.69, 9.17) is 0 Å². The molecule has 2 rings (SSSR count). The maximum absolute atomic E-state index is 12.0. The van der Waals surface area contributed by atoms with E-state index in [1.165, 1.54) is 0 Å². The minimum absolute atomic E-state index is 0.154. The van der Waals surface area contributed by atoms with Crippen molar-refractivity contribution in [3.63, 3.8) is 0 Å². The second kappa shape index (κ2) is 3.98. The maximum atomic E-state index is 12.0. The first-order chi connectivity index (χ1) is 7.78. The molecule has 0 bridgehead atoms. The van der Waals surface area contributed by atoms with Gasteiger partial charge in [-0.05, 0) is 35.8 Å². The van der Waals surface area contributed by atoms with Crippen molar-refractivity contribution in [2.75, 3.05) is 19.6 Å². The molecule has 3 heteroatoms. The molecule has 0 aromatic carbocycles. The Hall–Kier alpha value is -0.570. The summed E-state index contributed by atoms with van der Waals surface area (Å²) < 4.78 is 0. The lowest BCUT2D eigenvalue weighted by molar-refractivity contribution is -0.126. The smallest absolute Gasteiger partial charge is 0.223 e. The van der Waals surface area contributed by atoms with Crippen LogP contribution in [0.5, 0.6) is 0 Å². The normalized spacial score (nSPS) is 28.3. The number of nitrogens with one attached hydrogen (secondary N) is 2. The maximum Gasteiger partial charge on any atom is 0.223 e. The molecule has 1 heterocycles. The molecule has 1 amide bonds. The Labute approximate surface area is 105 Å². The van der Waals surface area contributed by atoms with Crippen LogP contribution in [0.4, 0.5) is 0 Å². The molecule has 1 aliphatic carbocycles. The zero-order chi connectivity index (χ0) is 12.8. The summed E-state index contributed by atoms with van der Waals surface area (Å²) in [6.45, 7) is 14.1. The van der Waals surface area contributed by atoms with Crippen LogP contribution in [0.1, 0.15) is 34.6 Å². The van der Waals surface area contributed by atoms with Crippen LogP contribution in [0, 0.1) is 28.6 Å².